The summed E-state index contributed by atoms with van der Waals surface area (Å²) in [6.07, 6.45) is 3.03. The lowest BCUT2D eigenvalue weighted by Crippen LogP contribution is -2.31. The van der Waals surface area contributed by atoms with Crippen molar-refractivity contribution in [1.29, 1.82) is 0 Å². The van der Waals surface area contributed by atoms with E-state index in [-0.39, 0.29) is 0 Å². The van der Waals surface area contributed by atoms with Gasteiger partial charge in [-0.3, -0.25) is 0 Å². The van der Waals surface area contributed by atoms with Gasteiger partial charge < -0.3 is 5.32 Å². The quantitative estimate of drug-likeness (QED) is 0.723. The summed E-state index contributed by atoms with van der Waals surface area (Å²) >= 11 is 0. The third kappa shape index (κ3) is 3.80. The fraction of sp³-hybridized carbons (Fsp3) is 0.857. The molecule has 1 aromatic rings. The van der Waals surface area contributed by atoms with E-state index in [4.69, 9.17) is 0 Å². The zero-order chi connectivity index (χ0) is 13.5. The number of rotatable bonds is 8. The summed E-state index contributed by atoms with van der Waals surface area (Å²) in [5, 5.41) is 8.17. The van der Waals surface area contributed by atoms with Crippen molar-refractivity contribution in [2.45, 2.75) is 59.9 Å². The maximum atomic E-state index is 4.67. The smallest absolute Gasteiger partial charge is 0.150 e. The maximum absolute atomic E-state index is 4.67. The Bertz CT molecular complexity index is 344. The second-order valence-corrected chi connectivity index (χ2v) is 5.11. The molecule has 0 aliphatic rings. The molecule has 0 aliphatic carbocycles. The number of aryl methyl sites for hydroxylation is 2. The molecular weight excluding hydrogens is 224 g/mol. The molecule has 0 aromatic carbocycles. The summed E-state index contributed by atoms with van der Waals surface area (Å²) < 4.78 is 2.14. The Balaban J connectivity index is 2.86. The number of hydrogen-bond acceptors (Lipinski definition) is 3. The highest BCUT2D eigenvalue weighted by molar-refractivity contribution is 4.95. The first-order valence-corrected chi connectivity index (χ1v) is 7.28. The largest absolute Gasteiger partial charge is 0.315 e. The first-order chi connectivity index (χ1) is 8.63. The monoisotopic (exact) mass is 252 g/mol. The van der Waals surface area contributed by atoms with Gasteiger partial charge in [-0.1, -0.05) is 34.6 Å². The van der Waals surface area contributed by atoms with E-state index in [1.165, 1.54) is 6.42 Å². The molecule has 0 radical (unpaired) electrons. The summed E-state index contributed by atoms with van der Waals surface area (Å²) in [7, 11) is 0. The first kappa shape index (κ1) is 15.2. The lowest BCUT2D eigenvalue weighted by molar-refractivity contribution is 0.321. The fourth-order valence-corrected chi connectivity index (χ4v) is 2.09. The summed E-state index contributed by atoms with van der Waals surface area (Å²) in [4.78, 5) is 4.60. The molecule has 1 rings (SSSR count). The van der Waals surface area contributed by atoms with Gasteiger partial charge in [-0.25, -0.2) is 9.67 Å². The predicted octanol–water partition coefficient (Wildman–Crippen LogP) is 2.60. The minimum Gasteiger partial charge on any atom is -0.315 e. The predicted molar refractivity (Wildman–Crippen MR) is 75.8 cm³/mol. The molecule has 0 aliphatic heterocycles. The Morgan fingerprint density at radius 1 is 1.17 bits per heavy atom. The number of aromatic nitrogens is 3. The molecule has 0 saturated carbocycles. The first-order valence-electron chi connectivity index (χ1n) is 7.28. The number of nitrogens with zero attached hydrogens (tertiary/aromatic N) is 3. The van der Waals surface area contributed by atoms with Crippen molar-refractivity contribution >= 4 is 0 Å². The van der Waals surface area contributed by atoms with Gasteiger partial charge in [0.05, 0.1) is 6.04 Å². The average molecular weight is 252 g/mol. The fourth-order valence-electron chi connectivity index (χ4n) is 2.09. The molecule has 1 aromatic heterocycles. The highest BCUT2D eigenvalue weighted by Gasteiger charge is 2.20. The van der Waals surface area contributed by atoms with Crippen LogP contribution in [0.3, 0.4) is 0 Å². The van der Waals surface area contributed by atoms with Gasteiger partial charge in [-0.2, -0.15) is 5.10 Å². The van der Waals surface area contributed by atoms with E-state index in [1.54, 1.807) is 0 Å². The van der Waals surface area contributed by atoms with Crippen LogP contribution < -0.4 is 5.32 Å². The van der Waals surface area contributed by atoms with Crippen molar-refractivity contribution in [2.24, 2.45) is 5.92 Å². The van der Waals surface area contributed by atoms with Gasteiger partial charge in [-0.05, 0) is 18.9 Å². The Morgan fingerprint density at radius 3 is 2.39 bits per heavy atom. The molecule has 1 unspecified atom stereocenters. The van der Waals surface area contributed by atoms with Gasteiger partial charge in [0.25, 0.3) is 0 Å². The summed E-state index contributed by atoms with van der Waals surface area (Å²) in [5.74, 6) is 2.64. The lowest BCUT2D eigenvalue weighted by Gasteiger charge is -2.23. The van der Waals surface area contributed by atoms with Gasteiger partial charge in [0.1, 0.15) is 5.82 Å². The Hall–Kier alpha value is -0.900. The van der Waals surface area contributed by atoms with Gasteiger partial charge in [0, 0.05) is 19.4 Å². The van der Waals surface area contributed by atoms with Crippen molar-refractivity contribution in [3.8, 4) is 0 Å². The SMILES string of the molecule is CCCNCC(C(C)C)n1nc(CC)nc1CC. The summed E-state index contributed by atoms with van der Waals surface area (Å²) in [6.45, 7) is 13.0. The molecule has 4 heteroatoms. The van der Waals surface area contributed by atoms with E-state index in [0.717, 1.165) is 37.6 Å². The van der Waals surface area contributed by atoms with Gasteiger partial charge in [-0.15, -0.1) is 0 Å². The van der Waals surface area contributed by atoms with Crippen LogP contribution in [0.2, 0.25) is 0 Å². The zero-order valence-electron chi connectivity index (χ0n) is 12.5. The third-order valence-electron chi connectivity index (χ3n) is 3.24. The molecule has 4 nitrogen and oxygen atoms in total. The molecule has 1 N–H and O–H groups in total. The molecule has 18 heavy (non-hydrogen) atoms. The standard InChI is InChI=1S/C14H28N4/c1-6-9-15-10-12(11(4)5)18-14(8-3)16-13(7-2)17-18/h11-12,15H,6-10H2,1-5H3. The maximum Gasteiger partial charge on any atom is 0.150 e. The van der Waals surface area contributed by atoms with Crippen LogP contribution in [0.4, 0.5) is 0 Å². The van der Waals surface area contributed by atoms with E-state index in [0.29, 0.717) is 12.0 Å². The van der Waals surface area contributed by atoms with Crippen LogP contribution in [0.15, 0.2) is 0 Å². The van der Waals surface area contributed by atoms with Crippen molar-refractivity contribution in [1.82, 2.24) is 20.1 Å². The average Bonchev–Trinajstić information content (AvgIpc) is 2.77. The van der Waals surface area contributed by atoms with Gasteiger partial charge >= 0.3 is 0 Å². The molecule has 1 heterocycles. The van der Waals surface area contributed by atoms with E-state index < -0.39 is 0 Å². The van der Waals surface area contributed by atoms with Crippen molar-refractivity contribution in [2.75, 3.05) is 13.1 Å². The van der Waals surface area contributed by atoms with Crippen LogP contribution in [0.25, 0.3) is 0 Å². The molecular formula is C14H28N4. The molecule has 0 bridgehead atoms. The highest BCUT2D eigenvalue weighted by atomic mass is 15.4. The number of nitrogens with one attached hydrogen (secondary N) is 1. The van der Waals surface area contributed by atoms with Crippen LogP contribution in [-0.2, 0) is 12.8 Å². The second-order valence-electron chi connectivity index (χ2n) is 5.11. The van der Waals surface area contributed by atoms with Crippen molar-refractivity contribution in [3.63, 3.8) is 0 Å². The number of hydrogen-bond donors (Lipinski definition) is 1. The Morgan fingerprint density at radius 2 is 1.89 bits per heavy atom. The second kappa shape index (κ2) is 7.52. The third-order valence-corrected chi connectivity index (χ3v) is 3.24. The minimum atomic E-state index is 0.402. The van der Waals surface area contributed by atoms with E-state index >= 15 is 0 Å². The van der Waals surface area contributed by atoms with E-state index in [1.807, 2.05) is 0 Å². The van der Waals surface area contributed by atoms with Crippen LogP contribution in [0.5, 0.6) is 0 Å². The topological polar surface area (TPSA) is 42.7 Å². The normalized spacial score (nSPS) is 13.2. The Kier molecular flexibility index (Phi) is 6.33. The van der Waals surface area contributed by atoms with Gasteiger partial charge in [0.15, 0.2) is 5.82 Å². The van der Waals surface area contributed by atoms with Crippen LogP contribution in [0, 0.1) is 5.92 Å². The summed E-state index contributed by atoms with van der Waals surface area (Å²) in [5.41, 5.74) is 0. The summed E-state index contributed by atoms with van der Waals surface area (Å²) in [6, 6.07) is 0.402. The Labute approximate surface area is 111 Å². The zero-order valence-corrected chi connectivity index (χ0v) is 12.5. The van der Waals surface area contributed by atoms with Crippen LogP contribution in [-0.4, -0.2) is 27.9 Å². The van der Waals surface area contributed by atoms with E-state index in [2.05, 4.69) is 54.7 Å². The lowest BCUT2D eigenvalue weighted by atomic mass is 10.0. The molecule has 0 spiro atoms. The van der Waals surface area contributed by atoms with Crippen molar-refractivity contribution in [3.05, 3.63) is 11.6 Å². The van der Waals surface area contributed by atoms with Crippen LogP contribution >= 0.6 is 0 Å². The molecule has 1 atom stereocenters. The molecule has 104 valence electrons. The van der Waals surface area contributed by atoms with Crippen molar-refractivity contribution < 1.29 is 0 Å². The minimum absolute atomic E-state index is 0.402. The van der Waals surface area contributed by atoms with Gasteiger partial charge in [0.2, 0.25) is 0 Å². The van der Waals surface area contributed by atoms with Crippen LogP contribution in [0.1, 0.15) is 58.7 Å². The highest BCUT2D eigenvalue weighted by Crippen LogP contribution is 2.18. The molecule has 0 fully saturated rings. The molecule has 0 saturated heterocycles. The molecule has 0 amide bonds. The van der Waals surface area contributed by atoms with E-state index in [9.17, 15) is 0 Å².